The Bertz CT molecular complexity index is 6110. The van der Waals surface area contributed by atoms with Crippen LogP contribution in [0.3, 0.4) is 0 Å². The molecule has 0 fully saturated rings. The van der Waals surface area contributed by atoms with Gasteiger partial charge in [0.25, 0.3) is 6.33 Å². The van der Waals surface area contributed by atoms with Crippen LogP contribution in [0.1, 0.15) is 84.2 Å². The molecule has 3 aromatic heterocycles. The SMILES string of the molecule is [2H]c1c([2H])c([2H])c([Si](c2cc3c4c(c2)n(-c2[c-]c(Oc5[c-]c6c(cc5)c5ccccc5n6-c5cc(C(C)(C)C)ccn5)ccc2)[c-][n+]4-c2c(-c4ccc(C(C)(C)C)cc4)cccc2-c2c([2H])c([2H])c([2H])c([2H])c2-c2c([2H])c([2H])c([2H])c([2H])c2-3)(c2c([2H])c([2H])c([2H])c([2H])c2[2H])c2c([2H])c([2H])c([2H])c([2H])c2[2H])c([2H])c1[2H].[Pt]. The molecule has 0 saturated heterocycles. The van der Waals surface area contributed by atoms with Gasteiger partial charge in [-0.2, -0.15) is 18.2 Å². The molecule has 87 heavy (non-hydrogen) atoms. The average molecular weight is 1340 g/mol. The average Bonchev–Trinajstić information content (AvgIpc) is 1.49. The molecule has 0 spiro atoms. The Balaban J connectivity index is 0.0000101. The number of benzene rings is 11. The molecule has 14 aromatic rings. The van der Waals surface area contributed by atoms with E-state index in [1.807, 2.05) is 92.1 Å². The molecule has 0 aliphatic carbocycles. The number of hydrogen-bond acceptors (Lipinski definition) is 2. The summed E-state index contributed by atoms with van der Waals surface area (Å²) in [5.41, 5.74) is 1.67. The van der Waals surface area contributed by atoms with Crippen LogP contribution in [0.15, 0.2) is 266 Å². The van der Waals surface area contributed by atoms with Crippen LogP contribution < -0.4 is 30.1 Å². The molecular formula is C80H62N4OPtSi-2. The summed E-state index contributed by atoms with van der Waals surface area (Å²) in [4.78, 5) is 4.84. The third kappa shape index (κ3) is 9.42. The second-order valence-corrected chi connectivity index (χ2v) is 26.6. The summed E-state index contributed by atoms with van der Waals surface area (Å²) in [5.74, 6) is 0.873. The van der Waals surface area contributed by atoms with Crippen LogP contribution in [0.4, 0.5) is 0 Å². The van der Waals surface area contributed by atoms with Crippen molar-refractivity contribution in [1.82, 2.24) is 14.1 Å². The van der Waals surface area contributed by atoms with Crippen molar-refractivity contribution >= 4 is 61.7 Å². The van der Waals surface area contributed by atoms with Crippen molar-refractivity contribution in [3.8, 4) is 73.2 Å². The van der Waals surface area contributed by atoms with E-state index < -0.39 is 184 Å². The molecule has 0 radical (unpaired) electrons. The summed E-state index contributed by atoms with van der Waals surface area (Å²) in [5, 5.41) is -1.35. The Morgan fingerprint density at radius 3 is 1.67 bits per heavy atom. The zero-order chi connectivity index (χ0) is 78.3. The van der Waals surface area contributed by atoms with Crippen molar-refractivity contribution in [3.05, 3.63) is 296 Å². The zero-order valence-corrected chi connectivity index (χ0v) is 50.9. The zero-order valence-electron chi connectivity index (χ0n) is 70.6. The number of aromatic nitrogens is 4. The van der Waals surface area contributed by atoms with E-state index in [1.165, 1.54) is 21.3 Å². The van der Waals surface area contributed by atoms with Crippen molar-refractivity contribution in [2.45, 2.75) is 52.4 Å². The monoisotopic (exact) mass is 1340 g/mol. The van der Waals surface area contributed by atoms with E-state index in [9.17, 15) is 27.4 Å². The Kier molecular flexibility index (Phi) is 8.83. The number of fused-ring (bicyclic) bond motifs is 10. The summed E-state index contributed by atoms with van der Waals surface area (Å²) in [6.45, 7) is 12.4. The third-order valence-electron chi connectivity index (χ3n) is 15.9. The van der Waals surface area contributed by atoms with Gasteiger partial charge in [-0.05, 0) is 116 Å². The van der Waals surface area contributed by atoms with Crippen LogP contribution in [-0.4, -0.2) is 22.2 Å². The minimum absolute atomic E-state index is 0. The molecule has 0 amide bonds. The Hall–Kier alpha value is -9.45. The summed E-state index contributed by atoms with van der Waals surface area (Å²) < 4.78 is 234. The first kappa shape index (κ1) is 35.2. The number of hydrogen-bond donors (Lipinski definition) is 0. The van der Waals surface area contributed by atoms with Gasteiger partial charge >= 0.3 is 0 Å². The smallest absolute Gasteiger partial charge is 0.268 e. The van der Waals surface area contributed by atoms with Gasteiger partial charge in [0.2, 0.25) is 0 Å². The number of ether oxygens (including phenoxy) is 1. The number of para-hydroxylation sites is 2. The van der Waals surface area contributed by atoms with Crippen molar-refractivity contribution in [2.75, 3.05) is 0 Å². The quantitative estimate of drug-likeness (QED) is 0.0625. The van der Waals surface area contributed by atoms with Gasteiger partial charge in [-0.25, -0.2) is 4.98 Å². The standard InChI is InChI=1S/C80H62N4OSi.Pt/c1-79(2,3)55-42-40-54(41-43-55)64-37-23-38-71-67-34-18-16-32-65(67)66-33-17-19-35-68(66)72-51-63(86(60-26-10-7-11-27-60,61-28-12-8-13-29-61)62-30-14-9-15-31-62)52-75-78(72)83(77(64)71)53-82(75)57-24-22-25-58(49-57)85-59-44-45-70-69-36-20-21-39-73(69)84(74(70)50-59)76-48-56(46-47-81-76)80(4,5)6;/h7-48,51-52H,1-6H3;/q-2;/i7D,8D,9D,10D,11D,12D,13D,14D,15D,16D,17D,18D,19D,26D,27D,28D,29D,30D,31D,32D,33D,34D,35D;. The van der Waals surface area contributed by atoms with Crippen LogP contribution in [0, 0.1) is 18.5 Å². The fraction of sp³-hybridized carbons (Fsp3) is 0.100. The minimum Gasteiger partial charge on any atom is -0.510 e. The summed E-state index contributed by atoms with van der Waals surface area (Å²) in [6.07, 6.45) is 5.28. The largest absolute Gasteiger partial charge is 0.510 e. The van der Waals surface area contributed by atoms with E-state index >= 15 is 0 Å². The van der Waals surface area contributed by atoms with Gasteiger partial charge < -0.3 is 13.9 Å². The second-order valence-electron chi connectivity index (χ2n) is 23.0. The topological polar surface area (TPSA) is 35.9 Å². The molecule has 424 valence electrons. The predicted molar refractivity (Wildman–Crippen MR) is 356 cm³/mol. The summed E-state index contributed by atoms with van der Waals surface area (Å²) in [7, 11) is -6.19. The molecule has 1 aliphatic rings. The number of imidazole rings is 1. The molecular weight excluding hydrogens is 1260 g/mol. The molecule has 7 heteroatoms. The molecule has 5 nitrogen and oxygen atoms in total. The summed E-state index contributed by atoms with van der Waals surface area (Å²) >= 11 is 0. The number of pyridine rings is 1. The maximum atomic E-state index is 10.4. The third-order valence-corrected chi connectivity index (χ3v) is 20.1. The van der Waals surface area contributed by atoms with E-state index in [-0.39, 0.29) is 82.5 Å². The van der Waals surface area contributed by atoms with E-state index in [4.69, 9.17) is 13.8 Å². The Morgan fingerprint density at radius 2 is 1.03 bits per heavy atom. The van der Waals surface area contributed by atoms with Gasteiger partial charge in [0, 0.05) is 44.3 Å². The van der Waals surface area contributed by atoms with Crippen LogP contribution in [0.25, 0.3) is 94.5 Å². The molecule has 0 bridgehead atoms. The van der Waals surface area contributed by atoms with Crippen molar-refractivity contribution in [3.63, 3.8) is 0 Å². The molecule has 0 unspecified atom stereocenters. The number of nitrogens with zero attached hydrogens (tertiary/aromatic N) is 4. The molecule has 0 N–H and O–H groups in total. The molecule has 0 atom stereocenters. The van der Waals surface area contributed by atoms with Crippen LogP contribution in [-0.2, 0) is 31.9 Å². The second kappa shape index (κ2) is 21.8. The molecule has 11 aromatic carbocycles. The normalized spacial score (nSPS) is 15.9. The van der Waals surface area contributed by atoms with Crippen LogP contribution in [0.2, 0.25) is 0 Å². The van der Waals surface area contributed by atoms with Crippen LogP contribution >= 0.6 is 0 Å². The van der Waals surface area contributed by atoms with Crippen molar-refractivity contribution < 1.29 is 61.9 Å². The van der Waals surface area contributed by atoms with E-state index in [1.54, 1.807) is 48.7 Å². The minimum atomic E-state index is -6.19. The molecule has 15 rings (SSSR count). The predicted octanol–water partition coefficient (Wildman–Crippen LogP) is 16.5. The van der Waals surface area contributed by atoms with Gasteiger partial charge in [-0.1, -0.05) is 259 Å². The van der Waals surface area contributed by atoms with Gasteiger partial charge in [0.1, 0.15) is 5.82 Å². The molecule has 4 heterocycles. The van der Waals surface area contributed by atoms with Crippen LogP contribution in [0.5, 0.6) is 11.5 Å². The Labute approximate surface area is 557 Å². The number of rotatable bonds is 9. The molecule has 1 aliphatic heterocycles. The van der Waals surface area contributed by atoms with Gasteiger partial charge in [-0.15, -0.1) is 29.7 Å². The van der Waals surface area contributed by atoms with E-state index in [0.717, 1.165) is 27.4 Å². The maximum Gasteiger partial charge on any atom is 0.268 e. The fourth-order valence-electron chi connectivity index (χ4n) is 11.8. The van der Waals surface area contributed by atoms with E-state index in [2.05, 4.69) is 39.2 Å². The molecule has 0 saturated carbocycles. The van der Waals surface area contributed by atoms with Gasteiger partial charge in [-0.3, -0.25) is 4.57 Å². The maximum absolute atomic E-state index is 10.4. The first-order chi connectivity index (χ1) is 51.4. The van der Waals surface area contributed by atoms with Gasteiger partial charge in [0.05, 0.1) is 48.2 Å². The first-order valence-electron chi connectivity index (χ1n) is 39.3. The van der Waals surface area contributed by atoms with Crippen molar-refractivity contribution in [1.29, 1.82) is 0 Å². The summed E-state index contributed by atoms with van der Waals surface area (Å²) in [6, 6.07) is 20.3. The van der Waals surface area contributed by atoms with Gasteiger partial charge in [0.15, 0.2) is 8.07 Å². The van der Waals surface area contributed by atoms with Crippen molar-refractivity contribution in [2.24, 2.45) is 0 Å². The Morgan fingerprint density at radius 1 is 0.471 bits per heavy atom. The van der Waals surface area contributed by atoms with E-state index in [0.29, 0.717) is 22.5 Å². The fourth-order valence-corrected chi connectivity index (χ4v) is 15.6. The first-order valence-corrected chi connectivity index (χ1v) is 29.8.